The molecule has 0 saturated carbocycles. The Hall–Kier alpha value is -1.62. The molecule has 88 valence electrons. The smallest absolute Gasteiger partial charge is 0.272 e. The van der Waals surface area contributed by atoms with E-state index in [-0.39, 0.29) is 16.7 Å². The molecule has 1 unspecified atom stereocenters. The average molecular weight is 224 g/mol. The van der Waals surface area contributed by atoms with Crippen molar-refractivity contribution in [1.82, 2.24) is 0 Å². The first-order valence-electron chi connectivity index (χ1n) is 5.05. The van der Waals surface area contributed by atoms with Crippen LogP contribution in [0.1, 0.15) is 12.5 Å². The molecule has 1 N–H and O–H groups in total. The summed E-state index contributed by atoms with van der Waals surface area (Å²) in [6.07, 6.45) is 0. The molecule has 1 aromatic carbocycles. The summed E-state index contributed by atoms with van der Waals surface area (Å²) in [6, 6.07) is 5.16. The summed E-state index contributed by atoms with van der Waals surface area (Å²) in [7, 11) is 1.64. The Morgan fingerprint density at radius 1 is 1.56 bits per heavy atom. The predicted octanol–water partition coefficient (Wildman–Crippen LogP) is 2.35. The minimum absolute atomic E-state index is 0.143. The van der Waals surface area contributed by atoms with Crippen molar-refractivity contribution in [2.24, 2.45) is 0 Å². The monoisotopic (exact) mass is 224 g/mol. The van der Waals surface area contributed by atoms with Gasteiger partial charge in [0, 0.05) is 30.5 Å². The summed E-state index contributed by atoms with van der Waals surface area (Å²) >= 11 is 0. The van der Waals surface area contributed by atoms with E-state index >= 15 is 0 Å². The van der Waals surface area contributed by atoms with Gasteiger partial charge in [-0.3, -0.25) is 10.1 Å². The molecular formula is C11H16N2O3. The Balaban J connectivity index is 2.77. The lowest BCUT2D eigenvalue weighted by atomic mass is 10.1. The highest BCUT2D eigenvalue weighted by Crippen LogP contribution is 2.21. The molecule has 0 saturated heterocycles. The highest BCUT2D eigenvalue weighted by molar-refractivity contribution is 5.53. The van der Waals surface area contributed by atoms with Crippen molar-refractivity contribution in [2.45, 2.75) is 19.9 Å². The summed E-state index contributed by atoms with van der Waals surface area (Å²) in [5.74, 6) is 0. The van der Waals surface area contributed by atoms with Crippen molar-refractivity contribution < 1.29 is 9.66 Å². The lowest BCUT2D eigenvalue weighted by Gasteiger charge is -2.14. The molecule has 16 heavy (non-hydrogen) atoms. The van der Waals surface area contributed by atoms with Crippen LogP contribution in [0.3, 0.4) is 0 Å². The Kier molecular flexibility index (Phi) is 4.25. The Labute approximate surface area is 94.6 Å². The van der Waals surface area contributed by atoms with E-state index < -0.39 is 0 Å². The van der Waals surface area contributed by atoms with Crippen molar-refractivity contribution in [3.8, 4) is 0 Å². The standard InChI is InChI=1S/C11H16N2O3/c1-8-6-10(12-9(2)7-16-3)4-5-11(8)13(14)15/h4-6,9,12H,7H2,1-3H3. The number of aryl methyl sites for hydroxylation is 1. The average Bonchev–Trinajstić information content (AvgIpc) is 2.17. The second kappa shape index (κ2) is 5.46. The number of anilines is 1. The second-order valence-corrected chi connectivity index (χ2v) is 3.76. The van der Waals surface area contributed by atoms with E-state index in [2.05, 4.69) is 5.32 Å². The van der Waals surface area contributed by atoms with Gasteiger partial charge in [-0.05, 0) is 26.0 Å². The first kappa shape index (κ1) is 12.4. The van der Waals surface area contributed by atoms with Gasteiger partial charge < -0.3 is 10.1 Å². The van der Waals surface area contributed by atoms with Crippen LogP contribution < -0.4 is 5.32 Å². The van der Waals surface area contributed by atoms with Crippen molar-refractivity contribution >= 4 is 11.4 Å². The molecule has 0 spiro atoms. The number of rotatable bonds is 5. The SMILES string of the molecule is COCC(C)Nc1ccc([N+](=O)[O-])c(C)c1. The first-order chi connectivity index (χ1) is 7.54. The van der Waals surface area contributed by atoms with Gasteiger partial charge in [0.25, 0.3) is 5.69 Å². The third kappa shape index (κ3) is 3.20. The number of nitro groups is 1. The van der Waals surface area contributed by atoms with E-state index in [1.54, 1.807) is 26.2 Å². The first-order valence-corrected chi connectivity index (χ1v) is 5.05. The van der Waals surface area contributed by atoms with Gasteiger partial charge in [0.15, 0.2) is 0 Å². The number of hydrogen-bond donors (Lipinski definition) is 1. The van der Waals surface area contributed by atoms with Crippen LogP contribution in [0.5, 0.6) is 0 Å². The van der Waals surface area contributed by atoms with Crippen LogP contribution in [0.4, 0.5) is 11.4 Å². The third-order valence-electron chi connectivity index (χ3n) is 2.22. The van der Waals surface area contributed by atoms with E-state index in [4.69, 9.17) is 4.74 Å². The molecule has 0 bridgehead atoms. The van der Waals surface area contributed by atoms with Crippen molar-refractivity contribution in [3.63, 3.8) is 0 Å². The molecule has 0 aliphatic rings. The number of ether oxygens (including phenoxy) is 1. The maximum absolute atomic E-state index is 10.6. The van der Waals surface area contributed by atoms with Crippen LogP contribution >= 0.6 is 0 Å². The number of nitrogens with one attached hydrogen (secondary N) is 1. The van der Waals surface area contributed by atoms with Crippen LogP contribution in [0.2, 0.25) is 0 Å². The molecule has 5 heteroatoms. The zero-order valence-corrected chi connectivity index (χ0v) is 9.69. The van der Waals surface area contributed by atoms with Gasteiger partial charge in [-0.2, -0.15) is 0 Å². The normalized spacial score (nSPS) is 12.2. The van der Waals surface area contributed by atoms with Crippen LogP contribution in [0, 0.1) is 17.0 Å². The molecule has 0 aliphatic carbocycles. The summed E-state index contributed by atoms with van der Waals surface area (Å²) in [5, 5.41) is 13.8. The van der Waals surface area contributed by atoms with Gasteiger partial charge in [-0.15, -0.1) is 0 Å². The highest BCUT2D eigenvalue weighted by Gasteiger charge is 2.10. The zero-order chi connectivity index (χ0) is 12.1. The molecule has 0 amide bonds. The van der Waals surface area contributed by atoms with Gasteiger partial charge in [-0.1, -0.05) is 0 Å². The summed E-state index contributed by atoms with van der Waals surface area (Å²) in [4.78, 5) is 10.2. The molecule has 0 radical (unpaired) electrons. The van der Waals surface area contributed by atoms with Crippen LogP contribution in [0.15, 0.2) is 18.2 Å². The fourth-order valence-corrected chi connectivity index (χ4v) is 1.53. The van der Waals surface area contributed by atoms with Gasteiger partial charge in [0.2, 0.25) is 0 Å². The second-order valence-electron chi connectivity index (χ2n) is 3.76. The molecule has 0 heterocycles. The maximum Gasteiger partial charge on any atom is 0.272 e. The fraction of sp³-hybridized carbons (Fsp3) is 0.455. The molecule has 1 rings (SSSR count). The van der Waals surface area contributed by atoms with Gasteiger partial charge in [0.1, 0.15) is 0 Å². The van der Waals surface area contributed by atoms with E-state index in [9.17, 15) is 10.1 Å². The van der Waals surface area contributed by atoms with Crippen LogP contribution in [-0.2, 0) is 4.74 Å². The summed E-state index contributed by atoms with van der Waals surface area (Å²) in [6.45, 7) is 4.31. The minimum atomic E-state index is -0.377. The van der Waals surface area contributed by atoms with Crippen molar-refractivity contribution in [3.05, 3.63) is 33.9 Å². The summed E-state index contributed by atoms with van der Waals surface area (Å²) in [5.41, 5.74) is 1.66. The van der Waals surface area contributed by atoms with E-state index in [0.29, 0.717) is 12.2 Å². The Bertz CT molecular complexity index is 379. The largest absolute Gasteiger partial charge is 0.383 e. The topological polar surface area (TPSA) is 64.4 Å². The van der Waals surface area contributed by atoms with Crippen molar-refractivity contribution in [2.75, 3.05) is 19.0 Å². The van der Waals surface area contributed by atoms with E-state index in [1.165, 1.54) is 6.07 Å². The molecule has 1 aromatic rings. The number of benzene rings is 1. The number of hydrogen-bond acceptors (Lipinski definition) is 4. The minimum Gasteiger partial charge on any atom is -0.383 e. The highest BCUT2D eigenvalue weighted by atomic mass is 16.6. The quantitative estimate of drug-likeness (QED) is 0.616. The Morgan fingerprint density at radius 3 is 2.75 bits per heavy atom. The Morgan fingerprint density at radius 2 is 2.25 bits per heavy atom. The molecule has 1 atom stereocenters. The molecular weight excluding hydrogens is 208 g/mol. The van der Waals surface area contributed by atoms with Gasteiger partial charge in [-0.25, -0.2) is 0 Å². The van der Waals surface area contributed by atoms with Crippen molar-refractivity contribution in [1.29, 1.82) is 0 Å². The third-order valence-corrected chi connectivity index (χ3v) is 2.22. The number of nitro benzene ring substituents is 1. The summed E-state index contributed by atoms with van der Waals surface area (Å²) < 4.78 is 5.00. The fourth-order valence-electron chi connectivity index (χ4n) is 1.53. The van der Waals surface area contributed by atoms with Gasteiger partial charge in [0.05, 0.1) is 11.5 Å². The number of methoxy groups -OCH3 is 1. The predicted molar refractivity (Wildman–Crippen MR) is 62.8 cm³/mol. The lowest BCUT2D eigenvalue weighted by Crippen LogP contribution is -2.20. The molecule has 0 aromatic heterocycles. The van der Waals surface area contributed by atoms with E-state index in [0.717, 1.165) is 5.69 Å². The lowest BCUT2D eigenvalue weighted by molar-refractivity contribution is -0.385. The van der Waals surface area contributed by atoms with Crippen LogP contribution in [-0.4, -0.2) is 24.7 Å². The zero-order valence-electron chi connectivity index (χ0n) is 9.69. The maximum atomic E-state index is 10.6. The molecule has 0 fully saturated rings. The van der Waals surface area contributed by atoms with Gasteiger partial charge >= 0.3 is 0 Å². The van der Waals surface area contributed by atoms with Crippen LogP contribution in [0.25, 0.3) is 0 Å². The van der Waals surface area contributed by atoms with E-state index in [1.807, 2.05) is 6.92 Å². The number of nitrogens with zero attached hydrogens (tertiary/aromatic N) is 1. The molecule has 5 nitrogen and oxygen atoms in total. The molecule has 0 aliphatic heterocycles.